The minimum Gasteiger partial charge on any atom is -0.436 e. The molecule has 0 radical (unpaired) electrons. The number of benzene rings is 2. The van der Waals surface area contributed by atoms with Gasteiger partial charge in [0, 0.05) is 12.4 Å². The molecule has 9 heteroatoms. The lowest BCUT2D eigenvalue weighted by atomic mass is 10.3. The maximum absolute atomic E-state index is 12.6. The van der Waals surface area contributed by atoms with E-state index in [-0.39, 0.29) is 18.1 Å². The molecule has 0 saturated carbocycles. The number of hydrogen-bond donors (Lipinski definition) is 1. The van der Waals surface area contributed by atoms with Crippen molar-refractivity contribution in [2.45, 2.75) is 6.54 Å². The molecule has 2 heterocycles. The molecule has 0 aliphatic rings. The van der Waals surface area contributed by atoms with Crippen LogP contribution in [-0.4, -0.2) is 25.1 Å². The molecule has 8 nitrogen and oxygen atoms in total. The summed E-state index contributed by atoms with van der Waals surface area (Å²) in [6, 6.07) is 15.9. The second-order valence-electron chi connectivity index (χ2n) is 5.81. The van der Waals surface area contributed by atoms with Gasteiger partial charge < -0.3 is 10.1 Å². The van der Waals surface area contributed by atoms with Crippen LogP contribution in [-0.2, 0) is 11.3 Å². The average molecular weight is 396 g/mol. The van der Waals surface area contributed by atoms with Gasteiger partial charge in [-0.1, -0.05) is 41.9 Å². The number of halogens is 1. The highest BCUT2D eigenvalue weighted by atomic mass is 35.5. The SMILES string of the molecule is O=C(Cn1nc2c(Oc3ccccc3)nccn2c1=O)Nc1ccccc1Cl. The summed E-state index contributed by atoms with van der Waals surface area (Å²) in [7, 11) is 0. The minimum atomic E-state index is -0.482. The molecule has 0 aliphatic heterocycles. The molecule has 4 rings (SSSR count). The van der Waals surface area contributed by atoms with Crippen LogP contribution in [0.2, 0.25) is 5.02 Å². The van der Waals surface area contributed by atoms with Crippen molar-refractivity contribution in [2.24, 2.45) is 0 Å². The monoisotopic (exact) mass is 395 g/mol. The summed E-state index contributed by atoms with van der Waals surface area (Å²) in [5.41, 5.74) is 0.187. The van der Waals surface area contributed by atoms with Gasteiger partial charge in [-0.05, 0) is 24.3 Å². The number of nitrogens with one attached hydrogen (secondary N) is 1. The summed E-state index contributed by atoms with van der Waals surface area (Å²) in [6.45, 7) is -0.281. The van der Waals surface area contributed by atoms with Gasteiger partial charge in [0.1, 0.15) is 12.3 Å². The molecule has 0 bridgehead atoms. The Labute approximate surface area is 164 Å². The van der Waals surface area contributed by atoms with Crippen LogP contribution in [0.25, 0.3) is 5.65 Å². The molecular formula is C19H14ClN5O3. The Hall–Kier alpha value is -3.65. The van der Waals surface area contributed by atoms with Crippen LogP contribution in [0.4, 0.5) is 5.69 Å². The number of fused-ring (bicyclic) bond motifs is 1. The summed E-state index contributed by atoms with van der Waals surface area (Å²) >= 11 is 6.04. The molecule has 2 aromatic carbocycles. The molecule has 0 fully saturated rings. The number of anilines is 1. The van der Waals surface area contributed by atoms with Crippen molar-refractivity contribution >= 4 is 28.8 Å². The van der Waals surface area contributed by atoms with Gasteiger partial charge >= 0.3 is 5.69 Å². The zero-order valence-electron chi connectivity index (χ0n) is 14.4. The van der Waals surface area contributed by atoms with Crippen molar-refractivity contribution in [3.8, 4) is 11.6 Å². The lowest BCUT2D eigenvalue weighted by Gasteiger charge is -2.06. The summed E-state index contributed by atoms with van der Waals surface area (Å²) in [5, 5.41) is 7.26. The number of carbonyl (C=O) groups excluding carboxylic acids is 1. The van der Waals surface area contributed by atoms with E-state index in [4.69, 9.17) is 16.3 Å². The van der Waals surface area contributed by atoms with E-state index in [0.717, 1.165) is 4.68 Å². The number of ether oxygens (including phenoxy) is 1. The highest BCUT2D eigenvalue weighted by Crippen LogP contribution is 2.22. The molecule has 1 N–H and O–H groups in total. The third kappa shape index (κ3) is 3.58. The molecule has 0 saturated heterocycles. The van der Waals surface area contributed by atoms with E-state index in [1.54, 1.807) is 36.4 Å². The van der Waals surface area contributed by atoms with Crippen LogP contribution in [0.5, 0.6) is 11.6 Å². The summed E-state index contributed by atoms with van der Waals surface area (Å²) < 4.78 is 8.03. The first kappa shape index (κ1) is 17.7. The van der Waals surface area contributed by atoms with Crippen molar-refractivity contribution in [2.75, 3.05) is 5.32 Å². The molecule has 0 aliphatic carbocycles. The van der Waals surface area contributed by atoms with Crippen molar-refractivity contribution in [1.29, 1.82) is 0 Å². The molecule has 0 unspecified atom stereocenters. The summed E-state index contributed by atoms with van der Waals surface area (Å²) in [6.07, 6.45) is 2.90. The van der Waals surface area contributed by atoms with Gasteiger partial charge in [0.05, 0.1) is 10.7 Å². The highest BCUT2D eigenvalue weighted by Gasteiger charge is 2.16. The highest BCUT2D eigenvalue weighted by molar-refractivity contribution is 6.33. The predicted octanol–water partition coefficient (Wildman–Crippen LogP) is 2.98. The Morgan fingerprint density at radius 2 is 1.86 bits per heavy atom. The first-order valence-electron chi connectivity index (χ1n) is 8.33. The first-order chi connectivity index (χ1) is 13.6. The number of carbonyl (C=O) groups is 1. The lowest BCUT2D eigenvalue weighted by Crippen LogP contribution is -2.28. The van der Waals surface area contributed by atoms with E-state index in [2.05, 4.69) is 15.4 Å². The van der Waals surface area contributed by atoms with E-state index < -0.39 is 11.6 Å². The van der Waals surface area contributed by atoms with Crippen molar-refractivity contribution in [1.82, 2.24) is 19.2 Å². The molecule has 140 valence electrons. The smallest absolute Gasteiger partial charge is 0.351 e. The lowest BCUT2D eigenvalue weighted by molar-refractivity contribution is -0.117. The maximum Gasteiger partial charge on any atom is 0.351 e. The number of hydrogen-bond acceptors (Lipinski definition) is 5. The molecule has 28 heavy (non-hydrogen) atoms. The van der Waals surface area contributed by atoms with Crippen molar-refractivity contribution in [3.63, 3.8) is 0 Å². The van der Waals surface area contributed by atoms with E-state index in [9.17, 15) is 9.59 Å². The van der Waals surface area contributed by atoms with Crippen LogP contribution >= 0.6 is 11.6 Å². The number of aromatic nitrogens is 4. The average Bonchev–Trinajstić information content (AvgIpc) is 3.01. The largest absolute Gasteiger partial charge is 0.436 e. The van der Waals surface area contributed by atoms with Crippen LogP contribution in [0.1, 0.15) is 0 Å². The Balaban J connectivity index is 1.61. The fourth-order valence-corrected chi connectivity index (χ4v) is 2.77. The molecule has 0 atom stereocenters. The topological polar surface area (TPSA) is 90.5 Å². The van der Waals surface area contributed by atoms with Gasteiger partial charge in [0.2, 0.25) is 11.6 Å². The van der Waals surface area contributed by atoms with Crippen LogP contribution in [0.3, 0.4) is 0 Å². The fourth-order valence-electron chi connectivity index (χ4n) is 2.59. The normalized spacial score (nSPS) is 10.8. The van der Waals surface area contributed by atoms with E-state index in [1.165, 1.54) is 16.8 Å². The van der Waals surface area contributed by atoms with Gasteiger partial charge in [-0.15, -0.1) is 5.10 Å². The predicted molar refractivity (Wildman–Crippen MR) is 104 cm³/mol. The van der Waals surface area contributed by atoms with Gasteiger partial charge in [0.15, 0.2) is 0 Å². The van der Waals surface area contributed by atoms with Gasteiger partial charge in [-0.25, -0.2) is 18.9 Å². The van der Waals surface area contributed by atoms with Crippen LogP contribution < -0.4 is 15.7 Å². The summed E-state index contributed by atoms with van der Waals surface area (Å²) in [5.74, 6) is 0.287. The number of nitrogens with zero attached hydrogens (tertiary/aromatic N) is 4. The molecule has 2 aromatic heterocycles. The number of para-hydroxylation sites is 2. The zero-order chi connectivity index (χ0) is 19.5. The Kier molecular flexibility index (Phi) is 4.77. The number of amides is 1. The van der Waals surface area contributed by atoms with E-state index in [0.29, 0.717) is 16.5 Å². The minimum absolute atomic E-state index is 0.163. The Bertz CT molecular complexity index is 1200. The first-order valence-corrected chi connectivity index (χ1v) is 8.71. The van der Waals surface area contributed by atoms with Gasteiger partial charge in [-0.2, -0.15) is 0 Å². The third-order valence-electron chi connectivity index (χ3n) is 3.87. The van der Waals surface area contributed by atoms with Crippen molar-refractivity contribution < 1.29 is 9.53 Å². The number of rotatable bonds is 5. The second kappa shape index (κ2) is 7.53. The quantitative estimate of drug-likeness (QED) is 0.561. The third-order valence-corrected chi connectivity index (χ3v) is 4.20. The molecule has 4 aromatic rings. The van der Waals surface area contributed by atoms with E-state index >= 15 is 0 Å². The second-order valence-corrected chi connectivity index (χ2v) is 6.22. The van der Waals surface area contributed by atoms with Crippen LogP contribution in [0, 0.1) is 0 Å². The fraction of sp³-hybridized carbons (Fsp3) is 0.0526. The van der Waals surface area contributed by atoms with Gasteiger partial charge in [-0.3, -0.25) is 4.79 Å². The standard InChI is InChI=1S/C19H14ClN5O3/c20-14-8-4-5-9-15(14)22-16(26)12-25-19(27)24-11-10-21-18(17(24)23-25)28-13-6-2-1-3-7-13/h1-11H,12H2,(H,22,26). The van der Waals surface area contributed by atoms with E-state index in [1.807, 2.05) is 18.2 Å². The molecular weight excluding hydrogens is 382 g/mol. The van der Waals surface area contributed by atoms with Crippen molar-refractivity contribution in [3.05, 3.63) is 82.5 Å². The Morgan fingerprint density at radius 3 is 2.64 bits per heavy atom. The zero-order valence-corrected chi connectivity index (χ0v) is 15.2. The molecule has 0 spiro atoms. The van der Waals surface area contributed by atoms with Crippen LogP contribution in [0.15, 0.2) is 71.8 Å². The Morgan fingerprint density at radius 1 is 1.11 bits per heavy atom. The summed E-state index contributed by atoms with van der Waals surface area (Å²) in [4.78, 5) is 29.0. The van der Waals surface area contributed by atoms with Gasteiger partial charge in [0.25, 0.3) is 5.88 Å². The maximum atomic E-state index is 12.6. The molecule has 1 amide bonds.